The average Bonchev–Trinajstić information content (AvgIpc) is 3.11. The predicted molar refractivity (Wildman–Crippen MR) is 92.3 cm³/mol. The van der Waals surface area contributed by atoms with E-state index in [-0.39, 0.29) is 0 Å². The molecule has 3 rings (SSSR count). The summed E-state index contributed by atoms with van der Waals surface area (Å²) in [5.74, 6) is 2.78. The predicted octanol–water partition coefficient (Wildman–Crippen LogP) is 3.52. The number of thiocarbonyl (C=S) groups is 1. The lowest BCUT2D eigenvalue weighted by Crippen LogP contribution is -2.45. The van der Waals surface area contributed by atoms with Crippen LogP contribution in [-0.2, 0) is 6.42 Å². The zero-order chi connectivity index (χ0) is 14.7. The van der Waals surface area contributed by atoms with Crippen LogP contribution in [0.4, 0.5) is 0 Å². The van der Waals surface area contributed by atoms with Crippen molar-refractivity contribution in [2.45, 2.75) is 45.1 Å². The number of fused-ring (bicyclic) bond motifs is 2. The Hall–Kier alpha value is -1.09. The number of rotatable bonds is 5. The highest BCUT2D eigenvalue weighted by atomic mass is 32.1. The van der Waals surface area contributed by atoms with E-state index in [1.165, 1.54) is 31.2 Å². The van der Waals surface area contributed by atoms with E-state index in [9.17, 15) is 0 Å². The van der Waals surface area contributed by atoms with Gasteiger partial charge in [-0.3, -0.25) is 0 Å². The third-order valence-corrected chi connectivity index (χ3v) is 5.60. The Kier molecular flexibility index (Phi) is 4.79. The lowest BCUT2D eigenvalue weighted by molar-refractivity contribution is 0.278. The molecule has 0 spiro atoms. The van der Waals surface area contributed by atoms with Crippen molar-refractivity contribution in [3.63, 3.8) is 0 Å². The smallest absolute Gasteiger partial charge is 0.166 e. The van der Waals surface area contributed by atoms with Crippen LogP contribution in [0.2, 0.25) is 0 Å². The van der Waals surface area contributed by atoms with Crippen LogP contribution in [0, 0.1) is 17.8 Å². The molecule has 0 aliphatic heterocycles. The SMILES string of the molecule is C[C@H](NC(=S)NCCc1ccccc1)[C@H]1C[C@H]2CC[C@H]1C2. The van der Waals surface area contributed by atoms with Crippen molar-refractivity contribution in [3.8, 4) is 0 Å². The van der Waals surface area contributed by atoms with Crippen molar-refractivity contribution < 1.29 is 0 Å². The lowest BCUT2D eigenvalue weighted by Gasteiger charge is -2.29. The van der Waals surface area contributed by atoms with E-state index >= 15 is 0 Å². The van der Waals surface area contributed by atoms with E-state index in [0.717, 1.165) is 35.8 Å². The van der Waals surface area contributed by atoms with Crippen LogP contribution >= 0.6 is 12.2 Å². The number of benzene rings is 1. The summed E-state index contributed by atoms with van der Waals surface area (Å²) in [6, 6.07) is 11.1. The molecule has 0 aromatic heterocycles. The van der Waals surface area contributed by atoms with Gasteiger partial charge in [0.15, 0.2) is 5.11 Å². The minimum Gasteiger partial charge on any atom is -0.362 e. The van der Waals surface area contributed by atoms with Gasteiger partial charge in [-0.1, -0.05) is 36.8 Å². The topological polar surface area (TPSA) is 24.1 Å². The molecule has 2 fully saturated rings. The van der Waals surface area contributed by atoms with Crippen LogP contribution < -0.4 is 10.6 Å². The fraction of sp³-hybridized carbons (Fsp3) is 0.611. The molecule has 2 aliphatic carbocycles. The van der Waals surface area contributed by atoms with Gasteiger partial charge in [0.1, 0.15) is 0 Å². The van der Waals surface area contributed by atoms with Crippen molar-refractivity contribution in [1.29, 1.82) is 0 Å². The van der Waals surface area contributed by atoms with Crippen molar-refractivity contribution in [2.75, 3.05) is 6.54 Å². The van der Waals surface area contributed by atoms with Crippen molar-refractivity contribution in [1.82, 2.24) is 10.6 Å². The Morgan fingerprint density at radius 2 is 2.05 bits per heavy atom. The first-order valence-corrected chi connectivity index (χ1v) is 8.71. The van der Waals surface area contributed by atoms with Gasteiger partial charge >= 0.3 is 0 Å². The zero-order valence-corrected chi connectivity index (χ0v) is 13.7. The molecule has 0 heterocycles. The summed E-state index contributed by atoms with van der Waals surface area (Å²) in [7, 11) is 0. The molecule has 2 bridgehead atoms. The molecule has 0 amide bonds. The maximum absolute atomic E-state index is 5.44. The van der Waals surface area contributed by atoms with E-state index in [0.29, 0.717) is 6.04 Å². The largest absolute Gasteiger partial charge is 0.362 e. The van der Waals surface area contributed by atoms with Crippen molar-refractivity contribution in [3.05, 3.63) is 35.9 Å². The van der Waals surface area contributed by atoms with Gasteiger partial charge in [-0.2, -0.15) is 0 Å². The quantitative estimate of drug-likeness (QED) is 0.814. The van der Waals surface area contributed by atoms with Crippen LogP contribution in [-0.4, -0.2) is 17.7 Å². The first-order chi connectivity index (χ1) is 10.2. The Morgan fingerprint density at radius 3 is 2.71 bits per heavy atom. The van der Waals surface area contributed by atoms with Gasteiger partial charge in [-0.25, -0.2) is 0 Å². The summed E-state index contributed by atoms with van der Waals surface area (Å²) < 4.78 is 0. The molecular weight excluding hydrogens is 276 g/mol. The highest BCUT2D eigenvalue weighted by molar-refractivity contribution is 7.80. The summed E-state index contributed by atoms with van der Waals surface area (Å²) >= 11 is 5.44. The van der Waals surface area contributed by atoms with E-state index < -0.39 is 0 Å². The molecule has 0 radical (unpaired) electrons. The average molecular weight is 302 g/mol. The maximum atomic E-state index is 5.44. The van der Waals surface area contributed by atoms with Gasteiger partial charge in [-0.15, -0.1) is 0 Å². The van der Waals surface area contributed by atoms with Crippen molar-refractivity contribution >= 4 is 17.3 Å². The Morgan fingerprint density at radius 1 is 1.24 bits per heavy atom. The lowest BCUT2D eigenvalue weighted by atomic mass is 9.84. The molecule has 21 heavy (non-hydrogen) atoms. The first-order valence-electron chi connectivity index (χ1n) is 8.30. The van der Waals surface area contributed by atoms with Gasteiger partial charge in [-0.05, 0) is 68.1 Å². The van der Waals surface area contributed by atoms with Crippen molar-refractivity contribution in [2.24, 2.45) is 17.8 Å². The first kappa shape index (κ1) is 14.8. The monoisotopic (exact) mass is 302 g/mol. The molecule has 1 aromatic carbocycles. The van der Waals surface area contributed by atoms with E-state index in [2.05, 4.69) is 47.9 Å². The molecule has 3 heteroatoms. The summed E-state index contributed by atoms with van der Waals surface area (Å²) in [6.45, 7) is 3.20. The van der Waals surface area contributed by atoms with Crippen LogP contribution in [0.5, 0.6) is 0 Å². The Balaban J connectivity index is 1.38. The molecule has 0 unspecified atom stereocenters. The third kappa shape index (κ3) is 3.76. The van der Waals surface area contributed by atoms with Gasteiger partial charge in [0, 0.05) is 12.6 Å². The van der Waals surface area contributed by atoms with E-state index in [4.69, 9.17) is 12.2 Å². The molecule has 4 atom stereocenters. The normalized spacial score (nSPS) is 28.3. The van der Waals surface area contributed by atoms with Crippen LogP contribution in [0.15, 0.2) is 30.3 Å². The van der Waals surface area contributed by atoms with Crippen LogP contribution in [0.25, 0.3) is 0 Å². The number of hydrogen-bond acceptors (Lipinski definition) is 1. The summed E-state index contributed by atoms with van der Waals surface area (Å²) in [5, 5.41) is 7.68. The van der Waals surface area contributed by atoms with Gasteiger partial charge in [0.05, 0.1) is 0 Å². The Labute approximate surface area is 133 Å². The van der Waals surface area contributed by atoms with Crippen LogP contribution in [0.1, 0.15) is 38.2 Å². The molecule has 1 aromatic rings. The molecule has 2 saturated carbocycles. The second-order valence-electron chi connectivity index (χ2n) is 6.76. The standard InChI is InChI=1S/C18H26N2S/c1-13(17-12-15-7-8-16(17)11-15)20-18(21)19-10-9-14-5-3-2-4-6-14/h2-6,13,15-17H,7-12H2,1H3,(H2,19,20,21)/t13-,15-,16-,17+/m0/s1. The zero-order valence-electron chi connectivity index (χ0n) is 12.8. The second kappa shape index (κ2) is 6.78. The fourth-order valence-electron chi connectivity index (χ4n) is 4.24. The maximum Gasteiger partial charge on any atom is 0.166 e. The molecule has 2 nitrogen and oxygen atoms in total. The van der Waals surface area contributed by atoms with E-state index in [1.807, 2.05) is 0 Å². The fourth-order valence-corrected chi connectivity index (χ4v) is 4.52. The molecule has 0 saturated heterocycles. The Bertz CT molecular complexity index is 473. The minimum absolute atomic E-state index is 0.511. The minimum atomic E-state index is 0.511. The summed E-state index contributed by atoms with van der Waals surface area (Å²) in [4.78, 5) is 0. The molecule has 114 valence electrons. The highest BCUT2D eigenvalue weighted by Crippen LogP contribution is 2.49. The molecular formula is C18H26N2S. The molecule has 2 aliphatic rings. The third-order valence-electron chi connectivity index (χ3n) is 5.34. The number of hydrogen-bond donors (Lipinski definition) is 2. The second-order valence-corrected chi connectivity index (χ2v) is 7.17. The van der Waals surface area contributed by atoms with E-state index in [1.54, 1.807) is 0 Å². The van der Waals surface area contributed by atoms with Gasteiger partial charge in [0.25, 0.3) is 0 Å². The number of nitrogens with one attached hydrogen (secondary N) is 2. The summed E-state index contributed by atoms with van der Waals surface area (Å²) in [5.41, 5.74) is 1.36. The summed E-state index contributed by atoms with van der Waals surface area (Å²) in [6.07, 6.45) is 6.80. The van der Waals surface area contributed by atoms with Gasteiger partial charge < -0.3 is 10.6 Å². The molecule has 2 N–H and O–H groups in total. The van der Waals surface area contributed by atoms with Gasteiger partial charge in [0.2, 0.25) is 0 Å². The highest BCUT2D eigenvalue weighted by Gasteiger charge is 2.41. The van der Waals surface area contributed by atoms with Crippen LogP contribution in [0.3, 0.4) is 0 Å².